The molecule has 10 heteroatoms. The Morgan fingerprint density at radius 1 is 0.390 bits per heavy atom. The fraction of sp³-hybridized carbons (Fsp3) is 0.667. The first-order valence-corrected chi connectivity index (χ1v) is 34.4. The van der Waals surface area contributed by atoms with Gasteiger partial charge in [-0.15, -0.1) is 0 Å². The van der Waals surface area contributed by atoms with Crippen LogP contribution < -0.4 is 0 Å². The van der Waals surface area contributed by atoms with E-state index in [2.05, 4.69) is 148 Å². The van der Waals surface area contributed by atoms with Gasteiger partial charge in [-0.3, -0.25) is 18.6 Å². The Morgan fingerprint density at radius 2 is 0.695 bits per heavy atom. The molecule has 0 spiro atoms. The molecule has 1 N–H and O–H groups in total. The van der Waals surface area contributed by atoms with E-state index in [4.69, 9.17) is 18.5 Å². The number of carbonyl (C=O) groups is 2. The molecular formula is C72H123NO8P+. The van der Waals surface area contributed by atoms with Crippen molar-refractivity contribution in [3.63, 3.8) is 0 Å². The summed E-state index contributed by atoms with van der Waals surface area (Å²) >= 11 is 0. The van der Waals surface area contributed by atoms with E-state index in [0.717, 1.165) is 122 Å². The lowest BCUT2D eigenvalue weighted by molar-refractivity contribution is -0.870. The van der Waals surface area contributed by atoms with Crippen LogP contribution >= 0.6 is 7.82 Å². The van der Waals surface area contributed by atoms with E-state index in [1.54, 1.807) is 0 Å². The molecule has 0 aromatic heterocycles. The maximum Gasteiger partial charge on any atom is 0.472 e. The summed E-state index contributed by atoms with van der Waals surface area (Å²) in [6.45, 7) is 4.30. The number of quaternary nitrogens is 1. The standard InChI is InChI=1S/C72H122NO8P/c1-6-8-10-12-14-16-18-20-22-24-26-28-29-30-31-32-33-34-35-36-37-38-39-40-41-42-43-45-47-49-51-53-55-57-59-61-63-65-72(75)81-70(69-80-82(76,77)79-67-66-73(3,4)5)68-78-71(74)64-62-60-58-56-54-52-50-48-46-44-27-25-23-21-19-17-15-13-11-9-7-2/h8,10,14,16,20,22,25-28,30-31,33-34,36-37,39-40,42-43,47,49,70H,6-7,9,11-13,15,17-19,21,23-24,29,32,35,38,41,44-46,48,50-69H2,1-5H3/p+1/b10-8-,16-14-,22-20-,27-25-,28-26-,31-30-,34-33-,37-36-,40-39-,43-42-,49-47-. The van der Waals surface area contributed by atoms with Crippen LogP contribution in [-0.2, 0) is 32.7 Å². The van der Waals surface area contributed by atoms with Crippen molar-refractivity contribution in [1.82, 2.24) is 0 Å². The van der Waals surface area contributed by atoms with Gasteiger partial charge in [0.15, 0.2) is 6.10 Å². The molecule has 2 atom stereocenters. The lowest BCUT2D eigenvalue weighted by Gasteiger charge is -2.24. The molecule has 0 saturated carbocycles. The second-order valence-corrected chi connectivity index (χ2v) is 24.2. The highest BCUT2D eigenvalue weighted by Gasteiger charge is 2.27. The molecule has 0 heterocycles. The molecule has 2 unspecified atom stereocenters. The molecule has 0 amide bonds. The zero-order chi connectivity index (χ0) is 59.8. The van der Waals surface area contributed by atoms with Gasteiger partial charge in [-0.2, -0.15) is 0 Å². The van der Waals surface area contributed by atoms with E-state index in [0.29, 0.717) is 17.4 Å². The number of esters is 2. The number of allylic oxidation sites excluding steroid dienone is 22. The first-order valence-electron chi connectivity index (χ1n) is 32.9. The van der Waals surface area contributed by atoms with Crippen LogP contribution in [0.3, 0.4) is 0 Å². The van der Waals surface area contributed by atoms with Crippen molar-refractivity contribution < 1.29 is 42.1 Å². The number of carbonyl (C=O) groups excluding carboxylic acids is 2. The fourth-order valence-corrected chi connectivity index (χ4v) is 9.37. The number of unbranched alkanes of at least 4 members (excludes halogenated alkanes) is 23. The maximum atomic E-state index is 12.9. The summed E-state index contributed by atoms with van der Waals surface area (Å²) in [5, 5.41) is 0. The van der Waals surface area contributed by atoms with Gasteiger partial charge in [-0.25, -0.2) is 4.57 Å². The van der Waals surface area contributed by atoms with Gasteiger partial charge >= 0.3 is 19.8 Å². The van der Waals surface area contributed by atoms with Crippen LogP contribution in [0.5, 0.6) is 0 Å². The van der Waals surface area contributed by atoms with E-state index in [-0.39, 0.29) is 32.0 Å². The number of phosphoric acid groups is 1. The molecule has 9 nitrogen and oxygen atoms in total. The zero-order valence-corrected chi connectivity index (χ0v) is 54.1. The molecule has 82 heavy (non-hydrogen) atoms. The number of nitrogens with zero attached hydrogens (tertiary/aromatic N) is 1. The first-order chi connectivity index (χ1) is 40.0. The molecule has 0 aromatic rings. The number of likely N-dealkylation sites (N-methyl/N-ethyl adjacent to an activating group) is 1. The third-order valence-electron chi connectivity index (χ3n) is 13.7. The van der Waals surface area contributed by atoms with Crippen LogP contribution in [-0.4, -0.2) is 74.9 Å². The minimum atomic E-state index is -4.40. The predicted octanol–water partition coefficient (Wildman–Crippen LogP) is 21.3. The summed E-state index contributed by atoms with van der Waals surface area (Å²) in [5.74, 6) is -0.820. The van der Waals surface area contributed by atoms with Crippen molar-refractivity contribution in [2.45, 2.75) is 264 Å². The highest BCUT2D eigenvalue weighted by molar-refractivity contribution is 7.47. The molecular weight excluding hydrogens is 1040 g/mol. The highest BCUT2D eigenvalue weighted by Crippen LogP contribution is 2.43. The van der Waals surface area contributed by atoms with Crippen molar-refractivity contribution >= 4 is 19.8 Å². The van der Waals surface area contributed by atoms with Gasteiger partial charge in [-0.1, -0.05) is 263 Å². The molecule has 0 radical (unpaired) electrons. The predicted molar refractivity (Wildman–Crippen MR) is 353 cm³/mol. The van der Waals surface area contributed by atoms with Crippen molar-refractivity contribution in [3.05, 3.63) is 134 Å². The fourth-order valence-electron chi connectivity index (χ4n) is 8.63. The number of hydrogen-bond donors (Lipinski definition) is 1. The van der Waals surface area contributed by atoms with Crippen LogP contribution in [0.1, 0.15) is 258 Å². The van der Waals surface area contributed by atoms with Crippen LogP contribution in [0.25, 0.3) is 0 Å². The average Bonchev–Trinajstić information content (AvgIpc) is 3.46. The van der Waals surface area contributed by atoms with E-state index in [1.165, 1.54) is 103 Å². The van der Waals surface area contributed by atoms with Gasteiger partial charge in [0.2, 0.25) is 0 Å². The largest absolute Gasteiger partial charge is 0.472 e. The number of phosphoric ester groups is 1. The van der Waals surface area contributed by atoms with Crippen LogP contribution in [0.15, 0.2) is 134 Å². The van der Waals surface area contributed by atoms with Gasteiger partial charge in [0.05, 0.1) is 27.7 Å². The SMILES string of the molecule is CC/C=C\C/C=C\C/C=C\C/C=C\C/C=C\C/C=C\C/C=C\C/C=C\C/C=C\C/C=C\CCCCCCCCC(=O)OC(COC(=O)CCCCCCCCCCC/C=C\CCCCCCCCCC)COP(=O)(O)OCC[N+](C)(C)C. The van der Waals surface area contributed by atoms with Crippen molar-refractivity contribution in [2.75, 3.05) is 47.5 Å². The Balaban J connectivity index is 4.18. The summed E-state index contributed by atoms with van der Waals surface area (Å²) in [5.41, 5.74) is 0. The van der Waals surface area contributed by atoms with Gasteiger partial charge < -0.3 is 18.9 Å². The Hall–Kier alpha value is -3.85. The van der Waals surface area contributed by atoms with Gasteiger partial charge in [0.1, 0.15) is 19.8 Å². The summed E-state index contributed by atoms with van der Waals surface area (Å²) in [6.07, 6.45) is 89.6. The molecule has 468 valence electrons. The quantitative estimate of drug-likeness (QED) is 0.0211. The topological polar surface area (TPSA) is 108 Å². The average molecular weight is 1160 g/mol. The summed E-state index contributed by atoms with van der Waals surface area (Å²) in [6, 6.07) is 0. The van der Waals surface area contributed by atoms with E-state index < -0.39 is 26.5 Å². The summed E-state index contributed by atoms with van der Waals surface area (Å²) < 4.78 is 34.6. The van der Waals surface area contributed by atoms with E-state index >= 15 is 0 Å². The third-order valence-corrected chi connectivity index (χ3v) is 14.6. The van der Waals surface area contributed by atoms with Gasteiger partial charge in [0, 0.05) is 12.8 Å². The second kappa shape index (κ2) is 61.7. The molecule has 0 aromatic carbocycles. The molecule has 0 saturated heterocycles. The molecule has 0 aliphatic carbocycles. The summed E-state index contributed by atoms with van der Waals surface area (Å²) in [7, 11) is 1.45. The van der Waals surface area contributed by atoms with E-state index in [9.17, 15) is 19.0 Å². The second-order valence-electron chi connectivity index (χ2n) is 22.8. The Bertz CT molecular complexity index is 1850. The smallest absolute Gasteiger partial charge is 0.462 e. The summed E-state index contributed by atoms with van der Waals surface area (Å²) in [4.78, 5) is 35.8. The van der Waals surface area contributed by atoms with Crippen molar-refractivity contribution in [3.8, 4) is 0 Å². The van der Waals surface area contributed by atoms with E-state index in [1.807, 2.05) is 21.1 Å². The van der Waals surface area contributed by atoms with Crippen molar-refractivity contribution in [1.29, 1.82) is 0 Å². The zero-order valence-electron chi connectivity index (χ0n) is 53.2. The molecule has 0 aliphatic rings. The lowest BCUT2D eigenvalue weighted by atomic mass is 10.1. The maximum absolute atomic E-state index is 12.9. The molecule has 0 aliphatic heterocycles. The Kier molecular flexibility index (Phi) is 58.8. The molecule has 0 fully saturated rings. The number of rotatable bonds is 59. The van der Waals surface area contributed by atoms with Crippen LogP contribution in [0, 0.1) is 0 Å². The monoisotopic (exact) mass is 1160 g/mol. The van der Waals surface area contributed by atoms with Crippen LogP contribution in [0.4, 0.5) is 0 Å². The van der Waals surface area contributed by atoms with Crippen LogP contribution in [0.2, 0.25) is 0 Å². The highest BCUT2D eigenvalue weighted by atomic mass is 31.2. The first kappa shape index (κ1) is 78.1. The Labute approximate surface area is 504 Å². The third kappa shape index (κ3) is 65.3. The normalized spacial score (nSPS) is 14.1. The van der Waals surface area contributed by atoms with Gasteiger partial charge in [-0.05, 0) is 116 Å². The Morgan fingerprint density at radius 3 is 1.05 bits per heavy atom. The van der Waals surface area contributed by atoms with Gasteiger partial charge in [0.25, 0.3) is 0 Å². The molecule has 0 bridgehead atoms. The number of ether oxygens (including phenoxy) is 2. The molecule has 0 rings (SSSR count). The lowest BCUT2D eigenvalue weighted by Crippen LogP contribution is -2.37. The number of hydrogen-bond acceptors (Lipinski definition) is 7. The minimum absolute atomic E-state index is 0.0220. The minimum Gasteiger partial charge on any atom is -0.462 e. The van der Waals surface area contributed by atoms with Crippen molar-refractivity contribution in [2.24, 2.45) is 0 Å².